The molecule has 0 amide bonds. The third-order valence-electron chi connectivity index (χ3n) is 5.03. The molecule has 0 aliphatic carbocycles. The Hall–Kier alpha value is -1.35. The number of carbonyl (C=O) groups excluding carboxylic acids is 1. The number of hydrogen-bond acceptors (Lipinski definition) is 3. The summed E-state index contributed by atoms with van der Waals surface area (Å²) < 4.78 is 5.52. The van der Waals surface area contributed by atoms with Crippen molar-refractivity contribution in [3.63, 3.8) is 0 Å². The van der Waals surface area contributed by atoms with Crippen LogP contribution in [-0.2, 0) is 0 Å². The van der Waals surface area contributed by atoms with Gasteiger partial charge in [0.1, 0.15) is 5.75 Å². The van der Waals surface area contributed by atoms with Crippen LogP contribution in [0.15, 0.2) is 12.1 Å². The van der Waals surface area contributed by atoms with Crippen LogP contribution in [0.1, 0.15) is 48.2 Å². The second kappa shape index (κ2) is 6.18. The predicted octanol–water partition coefficient (Wildman–Crippen LogP) is 3.52. The molecule has 0 radical (unpaired) electrons. The van der Waals surface area contributed by atoms with Gasteiger partial charge in [-0.2, -0.15) is 0 Å². The van der Waals surface area contributed by atoms with Gasteiger partial charge in [0.05, 0.1) is 12.7 Å². The fraction of sp³-hybridized carbons (Fsp3) is 0.611. The third-order valence-corrected chi connectivity index (χ3v) is 5.03. The van der Waals surface area contributed by atoms with Gasteiger partial charge in [0.2, 0.25) is 0 Å². The van der Waals surface area contributed by atoms with Gasteiger partial charge in [-0.15, -0.1) is 0 Å². The SMILES string of the molecule is COc1c(C(=O)C(C)(C)C2CCCNC2)ccc(C)c1C. The van der Waals surface area contributed by atoms with Crippen molar-refractivity contribution < 1.29 is 9.53 Å². The van der Waals surface area contributed by atoms with Crippen LogP contribution >= 0.6 is 0 Å². The summed E-state index contributed by atoms with van der Waals surface area (Å²) in [6, 6.07) is 3.93. The molecule has 3 nitrogen and oxygen atoms in total. The molecule has 1 heterocycles. The van der Waals surface area contributed by atoms with Crippen LogP contribution in [0.5, 0.6) is 5.75 Å². The summed E-state index contributed by atoms with van der Waals surface area (Å²) in [6.45, 7) is 10.2. The zero-order valence-corrected chi connectivity index (χ0v) is 13.9. The molecule has 116 valence electrons. The third kappa shape index (κ3) is 2.98. The quantitative estimate of drug-likeness (QED) is 0.862. The summed E-state index contributed by atoms with van der Waals surface area (Å²) >= 11 is 0. The van der Waals surface area contributed by atoms with Gasteiger partial charge < -0.3 is 10.1 Å². The van der Waals surface area contributed by atoms with E-state index in [1.54, 1.807) is 7.11 Å². The van der Waals surface area contributed by atoms with Crippen molar-refractivity contribution in [3.05, 3.63) is 28.8 Å². The average Bonchev–Trinajstić information content (AvgIpc) is 2.50. The standard InChI is InChI=1S/C18H27NO2/c1-12-8-9-15(16(21-5)13(12)2)17(20)18(3,4)14-7-6-10-19-11-14/h8-9,14,19H,6-7,10-11H2,1-5H3. The van der Waals surface area contributed by atoms with Crippen LogP contribution in [-0.4, -0.2) is 26.0 Å². The molecule has 0 bridgehead atoms. The number of carbonyl (C=O) groups is 1. The maximum Gasteiger partial charge on any atom is 0.172 e. The smallest absolute Gasteiger partial charge is 0.172 e. The summed E-state index contributed by atoms with van der Waals surface area (Å²) in [5, 5.41) is 3.41. The van der Waals surface area contributed by atoms with E-state index in [-0.39, 0.29) is 11.2 Å². The summed E-state index contributed by atoms with van der Waals surface area (Å²) in [5.74, 6) is 1.30. The molecule has 0 saturated carbocycles. The lowest BCUT2D eigenvalue weighted by molar-refractivity contribution is 0.0705. The summed E-state index contributed by atoms with van der Waals surface area (Å²) in [6.07, 6.45) is 2.25. The lowest BCUT2D eigenvalue weighted by atomic mass is 9.70. The Morgan fingerprint density at radius 1 is 1.33 bits per heavy atom. The molecule has 1 aliphatic rings. The van der Waals surface area contributed by atoms with Crippen molar-refractivity contribution in [1.29, 1.82) is 0 Å². The largest absolute Gasteiger partial charge is 0.496 e. The van der Waals surface area contributed by atoms with E-state index >= 15 is 0 Å². The van der Waals surface area contributed by atoms with Crippen molar-refractivity contribution in [2.24, 2.45) is 11.3 Å². The van der Waals surface area contributed by atoms with E-state index < -0.39 is 0 Å². The monoisotopic (exact) mass is 289 g/mol. The molecule has 0 aromatic heterocycles. The normalized spacial score (nSPS) is 19.4. The highest BCUT2D eigenvalue weighted by Gasteiger charge is 2.39. The van der Waals surface area contributed by atoms with Crippen LogP contribution in [0.2, 0.25) is 0 Å². The zero-order valence-electron chi connectivity index (χ0n) is 13.9. The summed E-state index contributed by atoms with van der Waals surface area (Å²) in [4.78, 5) is 13.1. The number of hydrogen-bond donors (Lipinski definition) is 1. The Kier molecular flexibility index (Phi) is 4.72. The Bertz CT molecular complexity index is 528. The van der Waals surface area contributed by atoms with E-state index in [1.807, 2.05) is 26.0 Å². The van der Waals surface area contributed by atoms with Crippen LogP contribution in [0.25, 0.3) is 0 Å². The molecule has 1 N–H and O–H groups in total. The van der Waals surface area contributed by atoms with E-state index in [0.717, 1.165) is 48.4 Å². The van der Waals surface area contributed by atoms with E-state index in [2.05, 4.69) is 19.2 Å². The molecular weight excluding hydrogens is 262 g/mol. The highest BCUT2D eigenvalue weighted by atomic mass is 16.5. The summed E-state index contributed by atoms with van der Waals surface area (Å²) in [5.41, 5.74) is 2.56. The first-order chi connectivity index (χ1) is 9.89. The molecule has 1 unspecified atom stereocenters. The average molecular weight is 289 g/mol. The molecule has 1 aliphatic heterocycles. The molecule has 1 aromatic rings. The maximum absolute atomic E-state index is 13.1. The number of nitrogens with one attached hydrogen (secondary N) is 1. The van der Waals surface area contributed by atoms with E-state index in [1.165, 1.54) is 0 Å². The van der Waals surface area contributed by atoms with Crippen LogP contribution < -0.4 is 10.1 Å². The number of methoxy groups -OCH3 is 1. The van der Waals surface area contributed by atoms with E-state index in [9.17, 15) is 4.79 Å². The number of Topliss-reactive ketones (excluding diaryl/α,β-unsaturated/α-hetero) is 1. The predicted molar refractivity (Wildman–Crippen MR) is 86.2 cm³/mol. The van der Waals surface area contributed by atoms with Crippen molar-refractivity contribution in [2.75, 3.05) is 20.2 Å². The number of ketones is 1. The summed E-state index contributed by atoms with van der Waals surface area (Å²) in [7, 11) is 1.65. The van der Waals surface area contributed by atoms with Gasteiger partial charge >= 0.3 is 0 Å². The number of piperidine rings is 1. The van der Waals surface area contributed by atoms with Crippen molar-refractivity contribution in [2.45, 2.75) is 40.5 Å². The van der Waals surface area contributed by atoms with Gasteiger partial charge in [0.25, 0.3) is 0 Å². The molecule has 0 spiro atoms. The lowest BCUT2D eigenvalue weighted by Gasteiger charge is -2.36. The van der Waals surface area contributed by atoms with E-state index in [4.69, 9.17) is 4.74 Å². The molecule has 21 heavy (non-hydrogen) atoms. The Labute approximate surface area is 128 Å². The minimum absolute atomic E-state index is 0.191. The molecule has 1 aromatic carbocycles. The number of benzene rings is 1. The van der Waals surface area contributed by atoms with E-state index in [0.29, 0.717) is 5.92 Å². The van der Waals surface area contributed by atoms with Crippen LogP contribution in [0, 0.1) is 25.2 Å². The molecular formula is C18H27NO2. The van der Waals surface area contributed by atoms with Crippen LogP contribution in [0.4, 0.5) is 0 Å². The second-order valence-electron chi connectivity index (χ2n) is 6.68. The van der Waals surface area contributed by atoms with Crippen LogP contribution in [0.3, 0.4) is 0 Å². The molecule has 1 atom stereocenters. The Morgan fingerprint density at radius 2 is 2.05 bits per heavy atom. The zero-order chi connectivity index (χ0) is 15.6. The fourth-order valence-electron chi connectivity index (χ4n) is 3.23. The van der Waals surface area contributed by atoms with Crippen molar-refractivity contribution >= 4 is 5.78 Å². The first kappa shape index (κ1) is 16.0. The van der Waals surface area contributed by atoms with Gasteiger partial charge in [-0.05, 0) is 62.9 Å². The minimum Gasteiger partial charge on any atom is -0.496 e. The first-order valence-electron chi connectivity index (χ1n) is 7.79. The number of rotatable bonds is 4. The minimum atomic E-state index is -0.373. The van der Waals surface area contributed by atoms with Gasteiger partial charge in [-0.3, -0.25) is 4.79 Å². The molecule has 2 rings (SSSR count). The Morgan fingerprint density at radius 3 is 2.62 bits per heavy atom. The molecule has 3 heteroatoms. The highest BCUT2D eigenvalue weighted by Crippen LogP contribution is 2.38. The van der Waals surface area contributed by atoms with Crippen molar-refractivity contribution in [1.82, 2.24) is 5.32 Å². The van der Waals surface area contributed by atoms with Crippen molar-refractivity contribution in [3.8, 4) is 5.75 Å². The van der Waals surface area contributed by atoms with Gasteiger partial charge in [0.15, 0.2) is 5.78 Å². The molecule has 1 saturated heterocycles. The Balaban J connectivity index is 2.36. The van der Waals surface area contributed by atoms with Gasteiger partial charge in [-0.25, -0.2) is 0 Å². The van der Waals surface area contributed by atoms with Gasteiger partial charge in [-0.1, -0.05) is 19.9 Å². The number of aryl methyl sites for hydroxylation is 1. The number of ether oxygens (including phenoxy) is 1. The topological polar surface area (TPSA) is 38.3 Å². The first-order valence-corrected chi connectivity index (χ1v) is 7.79. The van der Waals surface area contributed by atoms with Gasteiger partial charge in [0, 0.05) is 5.41 Å². The highest BCUT2D eigenvalue weighted by molar-refractivity contribution is 6.03. The lowest BCUT2D eigenvalue weighted by Crippen LogP contribution is -2.42. The fourth-order valence-corrected chi connectivity index (χ4v) is 3.23. The molecule has 1 fully saturated rings. The second-order valence-corrected chi connectivity index (χ2v) is 6.68. The maximum atomic E-state index is 13.1.